The minimum absolute atomic E-state index is 0.818. The molecule has 1 aromatic carbocycles. The second-order valence-corrected chi connectivity index (χ2v) is 7.81. The second-order valence-electron chi connectivity index (χ2n) is 7.03. The molecule has 0 aliphatic carbocycles. The summed E-state index contributed by atoms with van der Waals surface area (Å²) in [5.41, 5.74) is 8.91. The van der Waals surface area contributed by atoms with Crippen LogP contribution >= 0.6 is 11.3 Å². The van der Waals surface area contributed by atoms with Crippen LogP contribution < -0.4 is 0 Å². The number of aromatic nitrogens is 6. The third kappa shape index (κ3) is 2.59. The van der Waals surface area contributed by atoms with E-state index in [0.29, 0.717) is 0 Å². The summed E-state index contributed by atoms with van der Waals surface area (Å²) in [5.74, 6) is 0. The van der Waals surface area contributed by atoms with E-state index in [9.17, 15) is 0 Å². The average molecular weight is 396 g/mol. The monoisotopic (exact) mass is 396 g/mol. The summed E-state index contributed by atoms with van der Waals surface area (Å²) in [6.07, 6.45) is 3.79. The number of fused-ring (bicyclic) bond motifs is 2. The molecule has 0 radical (unpaired) electrons. The van der Waals surface area contributed by atoms with Gasteiger partial charge in [0.05, 0.1) is 23.1 Å². The van der Waals surface area contributed by atoms with E-state index in [1.165, 1.54) is 16.5 Å². The van der Waals surface area contributed by atoms with Crippen LogP contribution in [0, 0.1) is 0 Å². The van der Waals surface area contributed by atoms with E-state index in [1.807, 2.05) is 31.6 Å². The Kier molecular flexibility index (Phi) is 3.45. The molecule has 6 rings (SSSR count). The van der Waals surface area contributed by atoms with E-state index in [0.717, 1.165) is 39.2 Å². The maximum atomic E-state index is 4.87. The number of nitrogens with one attached hydrogen (secondary N) is 2. The number of aromatic amines is 2. The van der Waals surface area contributed by atoms with Gasteiger partial charge < -0.3 is 4.98 Å². The Bertz CT molecular complexity index is 1470. The van der Waals surface area contributed by atoms with Crippen molar-refractivity contribution in [1.29, 1.82) is 0 Å². The van der Waals surface area contributed by atoms with E-state index in [-0.39, 0.29) is 0 Å². The minimum Gasteiger partial charge on any atom is -0.353 e. The fourth-order valence-electron chi connectivity index (χ4n) is 3.75. The quantitative estimate of drug-likeness (QED) is 0.430. The van der Waals surface area contributed by atoms with Crippen molar-refractivity contribution in [3.63, 3.8) is 0 Å². The fourth-order valence-corrected chi connectivity index (χ4v) is 4.41. The SMILES string of the molecule is Cn1cc(-c2ccc3[nH]nc(-c4cc5c(-c6ccsc6)cccc5[nH]4)c3n2)cn1. The van der Waals surface area contributed by atoms with Gasteiger partial charge in [0, 0.05) is 29.7 Å². The first kappa shape index (κ1) is 16.3. The summed E-state index contributed by atoms with van der Waals surface area (Å²) < 4.78 is 1.78. The van der Waals surface area contributed by atoms with Crippen molar-refractivity contribution < 1.29 is 0 Å². The molecule has 0 saturated heterocycles. The van der Waals surface area contributed by atoms with Gasteiger partial charge in [0.2, 0.25) is 0 Å². The molecule has 0 atom stereocenters. The van der Waals surface area contributed by atoms with Crippen LogP contribution in [0.25, 0.3) is 55.7 Å². The van der Waals surface area contributed by atoms with Crippen LogP contribution in [0.2, 0.25) is 0 Å². The second kappa shape index (κ2) is 6.15. The standard InChI is InChI=1S/C22H16N6S/c1-28-11-14(10-23-28)17-5-6-19-21(25-17)22(27-26-19)20-9-16-15(13-7-8-29-12-13)3-2-4-18(16)24-20/h2-12,24H,1H3,(H,26,27). The molecule has 2 N–H and O–H groups in total. The van der Waals surface area contributed by atoms with Crippen LogP contribution in [-0.4, -0.2) is 29.9 Å². The van der Waals surface area contributed by atoms with Crippen LogP contribution in [0.5, 0.6) is 0 Å². The van der Waals surface area contributed by atoms with Gasteiger partial charge in [-0.2, -0.15) is 21.5 Å². The van der Waals surface area contributed by atoms with Crippen molar-refractivity contribution in [2.24, 2.45) is 7.05 Å². The van der Waals surface area contributed by atoms with Crippen molar-refractivity contribution >= 4 is 33.3 Å². The number of thiophene rings is 1. The topological polar surface area (TPSA) is 75.2 Å². The molecule has 29 heavy (non-hydrogen) atoms. The van der Waals surface area contributed by atoms with Gasteiger partial charge in [-0.1, -0.05) is 12.1 Å². The predicted molar refractivity (Wildman–Crippen MR) is 117 cm³/mol. The highest BCUT2D eigenvalue weighted by Gasteiger charge is 2.15. The van der Waals surface area contributed by atoms with E-state index >= 15 is 0 Å². The van der Waals surface area contributed by atoms with Crippen molar-refractivity contribution in [2.75, 3.05) is 0 Å². The van der Waals surface area contributed by atoms with Crippen molar-refractivity contribution in [2.45, 2.75) is 0 Å². The van der Waals surface area contributed by atoms with Gasteiger partial charge in [0.15, 0.2) is 0 Å². The zero-order chi connectivity index (χ0) is 19.4. The molecule has 0 amide bonds. The zero-order valence-corrected chi connectivity index (χ0v) is 16.4. The summed E-state index contributed by atoms with van der Waals surface area (Å²) >= 11 is 1.71. The molecule has 0 bridgehead atoms. The molecule has 0 spiro atoms. The summed E-state index contributed by atoms with van der Waals surface area (Å²) in [7, 11) is 1.90. The summed E-state index contributed by atoms with van der Waals surface area (Å²) in [6, 6.07) is 14.6. The molecule has 6 nitrogen and oxygen atoms in total. The minimum atomic E-state index is 0.818. The van der Waals surface area contributed by atoms with Gasteiger partial charge >= 0.3 is 0 Å². The van der Waals surface area contributed by atoms with Gasteiger partial charge in [0.1, 0.15) is 11.2 Å². The summed E-state index contributed by atoms with van der Waals surface area (Å²) in [5, 5.41) is 17.4. The van der Waals surface area contributed by atoms with Crippen molar-refractivity contribution in [3.8, 4) is 33.8 Å². The van der Waals surface area contributed by atoms with Crippen LogP contribution in [0.3, 0.4) is 0 Å². The Morgan fingerprint density at radius 1 is 1.03 bits per heavy atom. The van der Waals surface area contributed by atoms with E-state index < -0.39 is 0 Å². The lowest BCUT2D eigenvalue weighted by molar-refractivity contribution is 0.768. The Morgan fingerprint density at radius 2 is 2.00 bits per heavy atom. The first-order valence-electron chi connectivity index (χ1n) is 9.25. The number of benzene rings is 1. The molecule has 0 fully saturated rings. The first-order chi connectivity index (χ1) is 14.3. The molecule has 0 saturated carbocycles. The lowest BCUT2D eigenvalue weighted by Gasteiger charge is -1.99. The van der Waals surface area contributed by atoms with E-state index in [2.05, 4.69) is 61.4 Å². The maximum Gasteiger partial charge on any atom is 0.135 e. The van der Waals surface area contributed by atoms with Gasteiger partial charge in [-0.05, 0) is 52.2 Å². The molecule has 0 aliphatic rings. The molecule has 6 aromatic rings. The van der Waals surface area contributed by atoms with Crippen LogP contribution in [-0.2, 0) is 7.05 Å². The smallest absolute Gasteiger partial charge is 0.135 e. The number of hydrogen-bond acceptors (Lipinski definition) is 4. The molecular weight excluding hydrogens is 380 g/mol. The Hall–Kier alpha value is -3.71. The lowest BCUT2D eigenvalue weighted by Crippen LogP contribution is -1.86. The Balaban J connectivity index is 1.53. The predicted octanol–water partition coefficient (Wildman–Crippen LogP) is 5.24. The molecule has 0 aliphatic heterocycles. The Morgan fingerprint density at radius 3 is 2.83 bits per heavy atom. The number of pyridine rings is 1. The summed E-state index contributed by atoms with van der Waals surface area (Å²) in [4.78, 5) is 8.39. The largest absolute Gasteiger partial charge is 0.353 e. The number of rotatable bonds is 3. The van der Waals surface area contributed by atoms with Crippen LogP contribution in [0.1, 0.15) is 0 Å². The molecule has 7 heteroatoms. The molecular formula is C22H16N6S. The van der Waals surface area contributed by atoms with E-state index in [1.54, 1.807) is 16.0 Å². The molecule has 140 valence electrons. The summed E-state index contributed by atoms with van der Waals surface area (Å²) in [6.45, 7) is 0. The van der Waals surface area contributed by atoms with Gasteiger partial charge in [0.25, 0.3) is 0 Å². The number of H-pyrrole nitrogens is 2. The highest BCUT2D eigenvalue weighted by molar-refractivity contribution is 7.08. The number of nitrogens with zero attached hydrogens (tertiary/aromatic N) is 4. The number of hydrogen-bond donors (Lipinski definition) is 2. The third-order valence-electron chi connectivity index (χ3n) is 5.16. The normalized spacial score (nSPS) is 11.6. The average Bonchev–Trinajstić information content (AvgIpc) is 3.51. The van der Waals surface area contributed by atoms with Gasteiger partial charge in [-0.3, -0.25) is 9.78 Å². The molecule has 5 aromatic heterocycles. The highest BCUT2D eigenvalue weighted by atomic mass is 32.1. The fraction of sp³-hybridized carbons (Fsp3) is 0.0455. The lowest BCUT2D eigenvalue weighted by atomic mass is 10.0. The van der Waals surface area contributed by atoms with Crippen LogP contribution in [0.4, 0.5) is 0 Å². The zero-order valence-electron chi connectivity index (χ0n) is 15.5. The van der Waals surface area contributed by atoms with Gasteiger partial charge in [-0.15, -0.1) is 0 Å². The van der Waals surface area contributed by atoms with E-state index in [4.69, 9.17) is 4.98 Å². The van der Waals surface area contributed by atoms with Crippen LogP contribution in [0.15, 0.2) is 65.6 Å². The molecule has 0 unspecified atom stereocenters. The van der Waals surface area contributed by atoms with Gasteiger partial charge in [-0.25, -0.2) is 4.98 Å². The van der Waals surface area contributed by atoms with Crippen molar-refractivity contribution in [1.82, 2.24) is 29.9 Å². The maximum absolute atomic E-state index is 4.87. The first-order valence-corrected chi connectivity index (χ1v) is 10.2. The third-order valence-corrected chi connectivity index (χ3v) is 5.84. The number of aryl methyl sites for hydroxylation is 1. The molecule has 5 heterocycles. The van der Waals surface area contributed by atoms with Crippen molar-refractivity contribution in [3.05, 3.63) is 65.6 Å². The highest BCUT2D eigenvalue weighted by Crippen LogP contribution is 2.34. The Labute approximate surface area is 169 Å².